The molecule has 0 saturated carbocycles. The average Bonchev–Trinajstić information content (AvgIpc) is 1.64. The van der Waals surface area contributed by atoms with E-state index in [1.807, 2.05) is 116 Å². The van der Waals surface area contributed by atoms with E-state index in [2.05, 4.69) is 104 Å². The van der Waals surface area contributed by atoms with Gasteiger partial charge in [-0.1, -0.05) is 65.8 Å². The predicted molar refractivity (Wildman–Crippen MR) is 516 cm³/mol. The molecule has 0 aliphatic carbocycles. The Morgan fingerprint density at radius 1 is 0.452 bits per heavy atom. The first-order chi connectivity index (χ1) is 65.1. The molecule has 7 aromatic carbocycles. The lowest BCUT2D eigenvalue weighted by atomic mass is 9.86. The molecule has 688 valence electrons. The normalized spacial score (nSPS) is 13.6. The number of fused-ring (bicyclic) bond motifs is 6. The number of carbonyl (C=O) groups excluding carboxylic acids is 4. The number of hydrogen-bond acceptors (Lipinski definition) is 24. The van der Waals surface area contributed by atoms with Gasteiger partial charge in [-0.05, 0) is 179 Å². The third kappa shape index (κ3) is 20.5. The number of esters is 1. The van der Waals surface area contributed by atoms with E-state index >= 15 is 8.78 Å². The van der Waals surface area contributed by atoms with Gasteiger partial charge in [-0.25, -0.2) is 48.7 Å². The van der Waals surface area contributed by atoms with Gasteiger partial charge in [0, 0.05) is 187 Å². The second-order valence-corrected chi connectivity index (χ2v) is 36.2. The van der Waals surface area contributed by atoms with Crippen LogP contribution in [-0.4, -0.2) is 199 Å². The molecule has 3 aliphatic heterocycles. The number of amides is 3. The van der Waals surface area contributed by atoms with Crippen molar-refractivity contribution in [3.8, 4) is 33.9 Å². The van der Waals surface area contributed by atoms with Crippen LogP contribution in [0.2, 0.25) is 0 Å². The fourth-order valence-electron chi connectivity index (χ4n) is 15.7. The van der Waals surface area contributed by atoms with Gasteiger partial charge < -0.3 is 72.3 Å². The highest BCUT2D eigenvalue weighted by Crippen LogP contribution is 2.37. The number of nitrogens with one attached hydrogen (secondary N) is 3. The highest BCUT2D eigenvalue weighted by atomic mass is 79.9. The van der Waals surface area contributed by atoms with E-state index < -0.39 is 35.3 Å². The summed E-state index contributed by atoms with van der Waals surface area (Å²) in [6, 6.07) is 38.4. The maximum Gasteiger partial charge on any atom is 0.302 e. The summed E-state index contributed by atoms with van der Waals surface area (Å²) in [6.07, 6.45) is 24.2. The Hall–Kier alpha value is -14.3. The molecule has 0 radical (unpaired) electrons. The number of aliphatic hydroxyl groups excluding tert-OH is 1. The number of ether oxygens (including phenoxy) is 4. The van der Waals surface area contributed by atoms with Crippen LogP contribution in [0.5, 0.6) is 0 Å². The van der Waals surface area contributed by atoms with Gasteiger partial charge in [0.1, 0.15) is 27.4 Å². The van der Waals surface area contributed by atoms with Gasteiger partial charge in [0.15, 0.2) is 44.6 Å². The Balaban J connectivity index is 0.000000138. The molecule has 0 unspecified atom stereocenters. The van der Waals surface area contributed by atoms with E-state index in [1.165, 1.54) is 31.5 Å². The number of aliphatic hydroxyl groups is 1. The Bertz CT molecular complexity index is 7490. The first-order valence-electron chi connectivity index (χ1n) is 43.0. The van der Waals surface area contributed by atoms with Crippen LogP contribution in [0.15, 0.2) is 244 Å². The molecule has 135 heavy (non-hydrogen) atoms. The summed E-state index contributed by atoms with van der Waals surface area (Å²) < 4.78 is 64.3. The van der Waals surface area contributed by atoms with Crippen LogP contribution >= 0.6 is 47.8 Å². The van der Waals surface area contributed by atoms with Crippen LogP contribution in [0.25, 0.3) is 78.0 Å². The number of aromatic nitrogens is 16. The van der Waals surface area contributed by atoms with Crippen molar-refractivity contribution < 1.29 is 52.0 Å². The molecule has 3 amide bonds. The number of rotatable bonds is 16. The van der Waals surface area contributed by atoms with Crippen molar-refractivity contribution in [2.45, 2.75) is 72.5 Å². The van der Waals surface area contributed by atoms with Crippen LogP contribution in [0.4, 0.5) is 43.3 Å². The van der Waals surface area contributed by atoms with Gasteiger partial charge in [0.25, 0.3) is 28.8 Å². The van der Waals surface area contributed by atoms with Crippen LogP contribution in [0.3, 0.4) is 0 Å². The van der Waals surface area contributed by atoms with E-state index in [4.69, 9.17) is 28.9 Å². The molecule has 4 N–H and O–H groups in total. The molecule has 17 aromatic rings. The topological polar surface area (TPSA) is 362 Å². The van der Waals surface area contributed by atoms with E-state index in [-0.39, 0.29) is 45.9 Å². The summed E-state index contributed by atoms with van der Waals surface area (Å²) in [6.45, 7) is 19.3. The Morgan fingerprint density at radius 3 is 1.18 bits per heavy atom. The number of anilines is 6. The van der Waals surface area contributed by atoms with Crippen LogP contribution in [0, 0.1) is 11.6 Å². The van der Waals surface area contributed by atoms with E-state index in [0.717, 1.165) is 46.7 Å². The van der Waals surface area contributed by atoms with E-state index in [1.54, 1.807) is 153 Å². The maximum absolute atomic E-state index is 15.6. The number of carbonyl (C=O) groups is 4. The van der Waals surface area contributed by atoms with Crippen LogP contribution in [-0.2, 0) is 47.8 Å². The predicted octanol–water partition coefficient (Wildman–Crippen LogP) is 16.0. The molecule has 33 nitrogen and oxygen atoms in total. The summed E-state index contributed by atoms with van der Waals surface area (Å²) in [4.78, 5) is 119. The van der Waals surface area contributed by atoms with Crippen molar-refractivity contribution in [2.75, 3.05) is 94.9 Å². The van der Waals surface area contributed by atoms with Gasteiger partial charge in [-0.3, -0.25) is 28.8 Å². The molecule has 0 spiro atoms. The summed E-state index contributed by atoms with van der Waals surface area (Å²) >= 11 is 9.98. The van der Waals surface area contributed by atoms with Gasteiger partial charge in [-0.2, -0.15) is 19.6 Å². The molecule has 3 aliphatic rings. The summed E-state index contributed by atoms with van der Waals surface area (Å²) in [5.74, 6) is -0.348. The third-order valence-corrected chi connectivity index (χ3v) is 24.1. The molecular weight excluding hydrogens is 1930 g/mol. The zero-order valence-electron chi connectivity index (χ0n) is 74.1. The second kappa shape index (κ2) is 39.9. The quantitative estimate of drug-likeness (QED) is 0.0653. The van der Waals surface area contributed by atoms with Gasteiger partial charge in [0.05, 0.1) is 92.2 Å². The maximum atomic E-state index is 15.6. The number of hydrogen-bond donors (Lipinski definition) is 4. The molecule has 0 atom stereocenters. The Labute approximate surface area is 795 Å². The summed E-state index contributed by atoms with van der Waals surface area (Å²) in [5, 5.41) is 30.0. The van der Waals surface area contributed by atoms with Gasteiger partial charge >= 0.3 is 5.97 Å². The third-order valence-electron chi connectivity index (χ3n) is 22.8. The monoisotopic (exact) mass is 2010 g/mol. The number of halogens is 5. The SMILES string of the molecule is Brc1cn2ccnc2c(Br)n1.CC(=O)OCc1c(-c2cn3ccnc3c(Nc3ccc(C(=O)N4CCOCC4)cc3)n2)cccc1-n1ncc2cc(C(C)(C)C)cc(F)c2c1=O.CC(C)(C)c1cc(F)c2c(=O)n(-c3cccc(-c4cn5ccnc5c(Nc5ccc(C(=O)N6CCOCC6)cc5)n4)c3CO)ncc2c1.O=C(c1ccc(Nc2nc(Br)cn3ccnc23)cc1)N1CCOCC1. The Morgan fingerprint density at radius 2 is 0.800 bits per heavy atom. The average molecular weight is 2020 g/mol. The molecular formula is C97H89Br3F2N22O11. The molecule has 13 heterocycles. The zero-order valence-corrected chi connectivity index (χ0v) is 78.9. The van der Waals surface area contributed by atoms with Crippen molar-refractivity contribution >= 4 is 150 Å². The van der Waals surface area contributed by atoms with Crippen molar-refractivity contribution in [3.63, 3.8) is 0 Å². The van der Waals surface area contributed by atoms with Gasteiger partial charge in [-0.15, -0.1) is 0 Å². The summed E-state index contributed by atoms with van der Waals surface area (Å²) in [5.41, 5.74) is 9.78. The lowest BCUT2D eigenvalue weighted by Crippen LogP contribution is -2.40. The van der Waals surface area contributed by atoms with Crippen molar-refractivity contribution in [3.05, 3.63) is 305 Å². The lowest BCUT2D eigenvalue weighted by molar-refractivity contribution is -0.142. The number of nitrogens with zero attached hydrogens (tertiary/aromatic N) is 19. The Kier molecular flexibility index (Phi) is 27.3. The minimum absolute atomic E-state index is 0.0334. The molecule has 20 rings (SSSR count). The van der Waals surface area contributed by atoms with Crippen molar-refractivity contribution in [1.82, 2.24) is 91.7 Å². The van der Waals surface area contributed by atoms with E-state index in [0.29, 0.717) is 196 Å². The highest BCUT2D eigenvalue weighted by molar-refractivity contribution is 9.11. The van der Waals surface area contributed by atoms with Crippen LogP contribution in [0.1, 0.15) is 102 Å². The largest absolute Gasteiger partial charge is 0.461 e. The first kappa shape index (κ1) is 92.6. The molecule has 38 heteroatoms. The lowest BCUT2D eigenvalue weighted by Gasteiger charge is -2.26. The minimum atomic E-state index is -0.650. The number of imidazole rings is 4. The molecule has 0 bridgehead atoms. The van der Waals surface area contributed by atoms with Crippen LogP contribution < -0.4 is 27.1 Å². The fraction of sp³-hybridized carbons (Fsp3) is 0.237. The molecule has 3 saturated heterocycles. The zero-order chi connectivity index (χ0) is 94.5. The first-order valence-corrected chi connectivity index (χ1v) is 45.4. The highest BCUT2D eigenvalue weighted by Gasteiger charge is 2.28. The van der Waals surface area contributed by atoms with Crippen molar-refractivity contribution in [1.29, 1.82) is 0 Å². The van der Waals surface area contributed by atoms with E-state index in [9.17, 15) is 33.9 Å². The smallest absolute Gasteiger partial charge is 0.302 e. The van der Waals surface area contributed by atoms with Gasteiger partial charge in [0.2, 0.25) is 0 Å². The molecule has 3 fully saturated rings. The molecule has 10 aromatic heterocycles. The summed E-state index contributed by atoms with van der Waals surface area (Å²) in [7, 11) is 0. The standard InChI is InChI=1S/C38H36FN7O5.C36H34FN7O4.C17H16BrN5O2.C6H3Br2N3/c1-23(47)51-22-29-28(6-5-7-32(29)46-37(49)33-25(20-41-46)18-26(19-30(33)39)38(2,3)4)31-21-45-13-12-40-35(45)34(43-31)42-27-10-8-24(9-11-27)36(48)44-14-16-50-17-15-44;1-36(2,3)24-17-23-19-39-44(35(47)31(23)28(37)18-24)30-6-4-5-26(27(30)21-45)29-20-43-12-11-38-33(43)32(41-29)40-25-9-7-22(8-10-25)34(46)42-13-15-48-16-14-42;18-14-11-23-6-5-19-16(23)15(21-14)20-13-3-1-12(2-4-13)17(24)22-7-9-25-10-8-22;7-4-3-11-2-1-9-6(11)5(8)10-4/h5-13,18-21H,14-17,22H2,1-4H3,(H,42,43);4-12,17-20,45H,13-16,21H2,1-3H3,(H,40,41);1-6,11H,7-10H2,(H,20,21);1-3H. The second-order valence-electron chi connectivity index (χ2n) is 33.8. The van der Waals surface area contributed by atoms with Crippen molar-refractivity contribution in [2.24, 2.45) is 0 Å². The number of morpholine rings is 3. The fourth-order valence-corrected chi connectivity index (χ4v) is 17.2. The number of benzene rings is 7. The minimum Gasteiger partial charge on any atom is -0.461 e.